The number of hydrogen-bond donors (Lipinski definition) is 0. The van der Waals surface area contributed by atoms with Gasteiger partial charge in [-0.15, -0.1) is 0 Å². The molecule has 0 atom stereocenters. The summed E-state index contributed by atoms with van der Waals surface area (Å²) in [5.41, 5.74) is 3.23. The van der Waals surface area contributed by atoms with E-state index in [1.807, 2.05) is 44.2 Å². The summed E-state index contributed by atoms with van der Waals surface area (Å²) in [7, 11) is 1.78. The monoisotopic (exact) mass is 317 g/mol. The minimum atomic E-state index is -0.0603. The van der Waals surface area contributed by atoms with E-state index >= 15 is 0 Å². The van der Waals surface area contributed by atoms with Crippen LogP contribution in [-0.2, 0) is 11.3 Å². The first-order valence-electron chi connectivity index (χ1n) is 7.14. The van der Waals surface area contributed by atoms with Crippen molar-refractivity contribution in [2.45, 2.75) is 20.4 Å². The molecule has 2 aromatic carbocycles. The summed E-state index contributed by atoms with van der Waals surface area (Å²) in [6, 6.07) is 13.5. The van der Waals surface area contributed by atoms with Crippen molar-refractivity contribution in [2.24, 2.45) is 0 Å². The highest BCUT2D eigenvalue weighted by Crippen LogP contribution is 2.21. The van der Waals surface area contributed by atoms with Crippen LogP contribution in [0.3, 0.4) is 0 Å². The Balaban J connectivity index is 1.89. The molecule has 0 radical (unpaired) electrons. The summed E-state index contributed by atoms with van der Waals surface area (Å²) < 4.78 is 5.58. The zero-order valence-electron chi connectivity index (χ0n) is 13.1. The molecule has 2 aromatic rings. The highest BCUT2D eigenvalue weighted by atomic mass is 35.5. The van der Waals surface area contributed by atoms with Crippen LogP contribution in [0.2, 0.25) is 5.02 Å². The highest BCUT2D eigenvalue weighted by molar-refractivity contribution is 6.30. The summed E-state index contributed by atoms with van der Waals surface area (Å²) in [4.78, 5) is 13.8. The minimum Gasteiger partial charge on any atom is -0.483 e. The molecule has 0 aliphatic rings. The third-order valence-electron chi connectivity index (χ3n) is 3.45. The molecule has 0 aliphatic carbocycles. The fraction of sp³-hybridized carbons (Fsp3) is 0.278. The average Bonchev–Trinajstić information content (AvgIpc) is 2.48. The van der Waals surface area contributed by atoms with E-state index in [0.29, 0.717) is 17.3 Å². The van der Waals surface area contributed by atoms with Crippen molar-refractivity contribution in [2.75, 3.05) is 13.7 Å². The molecule has 4 heteroatoms. The maximum atomic E-state index is 12.1. The van der Waals surface area contributed by atoms with Crippen molar-refractivity contribution >= 4 is 17.5 Å². The Morgan fingerprint density at radius 2 is 1.82 bits per heavy atom. The zero-order chi connectivity index (χ0) is 16.1. The van der Waals surface area contributed by atoms with Gasteiger partial charge in [-0.1, -0.05) is 41.4 Å². The van der Waals surface area contributed by atoms with Crippen molar-refractivity contribution in [1.29, 1.82) is 0 Å². The molecule has 1 amide bonds. The Morgan fingerprint density at radius 1 is 1.14 bits per heavy atom. The van der Waals surface area contributed by atoms with E-state index in [-0.39, 0.29) is 12.5 Å². The van der Waals surface area contributed by atoms with Gasteiger partial charge in [0.15, 0.2) is 6.61 Å². The molecular formula is C18H20ClNO2. The Labute approximate surface area is 136 Å². The predicted octanol–water partition coefficient (Wildman–Crippen LogP) is 3.99. The average molecular weight is 318 g/mol. The van der Waals surface area contributed by atoms with Gasteiger partial charge in [-0.25, -0.2) is 0 Å². The number of nitrogens with zero attached hydrogens (tertiary/aromatic N) is 1. The van der Waals surface area contributed by atoms with Gasteiger partial charge in [0.2, 0.25) is 0 Å². The van der Waals surface area contributed by atoms with Gasteiger partial charge in [0.1, 0.15) is 5.75 Å². The van der Waals surface area contributed by atoms with E-state index in [2.05, 4.69) is 0 Å². The van der Waals surface area contributed by atoms with Crippen LogP contribution in [0.25, 0.3) is 0 Å². The van der Waals surface area contributed by atoms with Gasteiger partial charge in [-0.3, -0.25) is 4.79 Å². The number of hydrogen-bond acceptors (Lipinski definition) is 2. The summed E-state index contributed by atoms with van der Waals surface area (Å²) in [6.07, 6.45) is 0. The number of likely N-dealkylation sites (N-methyl/N-ethyl adjacent to an activating group) is 1. The van der Waals surface area contributed by atoms with Crippen molar-refractivity contribution in [1.82, 2.24) is 4.90 Å². The maximum absolute atomic E-state index is 12.1. The lowest BCUT2D eigenvalue weighted by molar-refractivity contribution is -0.132. The molecule has 3 nitrogen and oxygen atoms in total. The normalized spacial score (nSPS) is 10.4. The second kappa shape index (κ2) is 7.32. The zero-order valence-corrected chi connectivity index (χ0v) is 13.9. The molecule has 0 aliphatic heterocycles. The predicted molar refractivity (Wildman–Crippen MR) is 89.3 cm³/mol. The minimum absolute atomic E-state index is 0.0187. The van der Waals surface area contributed by atoms with Gasteiger partial charge in [-0.05, 0) is 43.2 Å². The number of halogens is 1. The van der Waals surface area contributed by atoms with Gasteiger partial charge in [0, 0.05) is 18.6 Å². The maximum Gasteiger partial charge on any atom is 0.260 e. The molecule has 0 heterocycles. The third-order valence-corrected chi connectivity index (χ3v) is 3.69. The third kappa shape index (κ3) is 4.50. The summed E-state index contributed by atoms with van der Waals surface area (Å²) in [5, 5.41) is 0.660. The lowest BCUT2D eigenvalue weighted by Crippen LogP contribution is -2.31. The van der Waals surface area contributed by atoms with E-state index < -0.39 is 0 Å². The molecule has 0 aromatic heterocycles. The molecule has 0 spiro atoms. The van der Waals surface area contributed by atoms with Crippen molar-refractivity contribution < 1.29 is 9.53 Å². The first-order chi connectivity index (χ1) is 10.5. The number of carbonyl (C=O) groups is 1. The first-order valence-corrected chi connectivity index (χ1v) is 7.52. The number of aryl methyl sites for hydroxylation is 2. The van der Waals surface area contributed by atoms with Gasteiger partial charge in [0.05, 0.1) is 0 Å². The van der Waals surface area contributed by atoms with Crippen LogP contribution in [0.5, 0.6) is 5.75 Å². The van der Waals surface area contributed by atoms with Crippen LogP contribution in [0, 0.1) is 13.8 Å². The Morgan fingerprint density at radius 3 is 2.45 bits per heavy atom. The van der Waals surface area contributed by atoms with Gasteiger partial charge < -0.3 is 9.64 Å². The number of benzene rings is 2. The fourth-order valence-corrected chi connectivity index (χ4v) is 2.31. The van der Waals surface area contributed by atoms with E-state index in [0.717, 1.165) is 11.1 Å². The summed E-state index contributed by atoms with van der Waals surface area (Å²) in [6.45, 7) is 4.54. The van der Waals surface area contributed by atoms with Crippen molar-refractivity contribution in [3.63, 3.8) is 0 Å². The number of rotatable bonds is 5. The van der Waals surface area contributed by atoms with Gasteiger partial charge in [-0.2, -0.15) is 0 Å². The van der Waals surface area contributed by atoms with Crippen molar-refractivity contribution in [3.8, 4) is 5.75 Å². The largest absolute Gasteiger partial charge is 0.483 e. The summed E-state index contributed by atoms with van der Waals surface area (Å²) in [5.74, 6) is 0.622. The van der Waals surface area contributed by atoms with E-state index in [1.165, 1.54) is 5.56 Å². The number of ether oxygens (including phenoxy) is 1. The van der Waals surface area contributed by atoms with Crippen molar-refractivity contribution in [3.05, 3.63) is 64.2 Å². The lowest BCUT2D eigenvalue weighted by Gasteiger charge is -2.18. The molecule has 0 saturated carbocycles. The highest BCUT2D eigenvalue weighted by Gasteiger charge is 2.11. The Hall–Kier alpha value is -2.00. The Kier molecular flexibility index (Phi) is 5.45. The molecule has 22 heavy (non-hydrogen) atoms. The molecule has 116 valence electrons. The van der Waals surface area contributed by atoms with Crippen LogP contribution in [0.15, 0.2) is 42.5 Å². The smallest absolute Gasteiger partial charge is 0.260 e. The van der Waals surface area contributed by atoms with Crippen LogP contribution in [0.4, 0.5) is 0 Å². The molecule has 0 fully saturated rings. The van der Waals surface area contributed by atoms with E-state index in [4.69, 9.17) is 16.3 Å². The van der Waals surface area contributed by atoms with Crippen LogP contribution < -0.4 is 4.74 Å². The fourth-order valence-electron chi connectivity index (χ4n) is 2.08. The topological polar surface area (TPSA) is 29.5 Å². The van der Waals surface area contributed by atoms with Crippen LogP contribution in [0.1, 0.15) is 16.7 Å². The second-order valence-electron chi connectivity index (χ2n) is 5.43. The first kappa shape index (κ1) is 16.4. The number of carbonyl (C=O) groups excluding carboxylic acids is 1. The molecule has 0 N–H and O–H groups in total. The Bertz CT molecular complexity index is 653. The SMILES string of the molecule is Cc1ccc(CN(C)C(=O)COc2ccc(Cl)cc2C)cc1. The molecular weight excluding hydrogens is 298 g/mol. The van der Waals surface area contributed by atoms with Crippen LogP contribution >= 0.6 is 11.6 Å². The van der Waals surface area contributed by atoms with Gasteiger partial charge >= 0.3 is 0 Å². The van der Waals surface area contributed by atoms with E-state index in [1.54, 1.807) is 24.1 Å². The summed E-state index contributed by atoms with van der Waals surface area (Å²) >= 11 is 5.90. The van der Waals surface area contributed by atoms with E-state index in [9.17, 15) is 4.79 Å². The molecule has 0 unspecified atom stereocenters. The number of amides is 1. The standard InChI is InChI=1S/C18H20ClNO2/c1-13-4-6-15(7-5-13)11-20(3)18(21)12-22-17-9-8-16(19)10-14(17)2/h4-10H,11-12H2,1-3H3. The quantitative estimate of drug-likeness (QED) is 0.834. The lowest BCUT2D eigenvalue weighted by atomic mass is 10.1. The van der Waals surface area contributed by atoms with Gasteiger partial charge in [0.25, 0.3) is 5.91 Å². The molecule has 0 bridgehead atoms. The van der Waals surface area contributed by atoms with Crippen LogP contribution in [-0.4, -0.2) is 24.5 Å². The second-order valence-corrected chi connectivity index (χ2v) is 5.87. The molecule has 2 rings (SSSR count). The molecule has 0 saturated heterocycles.